The van der Waals surface area contributed by atoms with Gasteiger partial charge in [-0.05, 0) is 55.4 Å². The van der Waals surface area contributed by atoms with Crippen LogP contribution < -0.4 is 10.9 Å². The third kappa shape index (κ3) is 5.22. The van der Waals surface area contributed by atoms with Crippen molar-refractivity contribution >= 4 is 39.2 Å². The number of aromatic nitrogens is 2. The van der Waals surface area contributed by atoms with Crippen LogP contribution in [0.4, 0.5) is 4.39 Å². The maximum atomic E-state index is 13.3. The van der Waals surface area contributed by atoms with Crippen molar-refractivity contribution in [2.75, 3.05) is 26.0 Å². The highest BCUT2D eigenvalue weighted by Crippen LogP contribution is 2.34. The van der Waals surface area contributed by atoms with Crippen molar-refractivity contribution in [3.05, 3.63) is 56.4 Å². The summed E-state index contributed by atoms with van der Waals surface area (Å²) in [5.41, 5.74) is 2.09. The molecule has 170 valence electrons. The molecule has 1 aromatic carbocycles. The predicted octanol–water partition coefficient (Wildman–Crippen LogP) is 3.57. The number of fused-ring (bicyclic) bond motifs is 3. The SMILES string of the molecule is COCCn1c(SCC(=O)NCCc2ccc(F)cc2)nc2sc3c(c2c1=O)CCCC3. The third-order valence-electron chi connectivity index (χ3n) is 5.54. The van der Waals surface area contributed by atoms with Crippen LogP contribution >= 0.6 is 23.1 Å². The summed E-state index contributed by atoms with van der Waals surface area (Å²) in [4.78, 5) is 32.5. The monoisotopic (exact) mass is 475 g/mol. The van der Waals surface area contributed by atoms with E-state index in [9.17, 15) is 14.0 Å². The average molecular weight is 476 g/mol. The molecule has 0 aliphatic heterocycles. The van der Waals surface area contributed by atoms with Crippen molar-refractivity contribution in [1.82, 2.24) is 14.9 Å². The zero-order valence-corrected chi connectivity index (χ0v) is 19.6. The zero-order valence-electron chi connectivity index (χ0n) is 18.0. The van der Waals surface area contributed by atoms with Gasteiger partial charge in [0, 0.05) is 18.5 Å². The first kappa shape index (κ1) is 22.9. The second kappa shape index (κ2) is 10.6. The minimum absolute atomic E-state index is 0.0364. The lowest BCUT2D eigenvalue weighted by atomic mass is 9.97. The van der Waals surface area contributed by atoms with Crippen molar-refractivity contribution in [2.45, 2.75) is 43.8 Å². The summed E-state index contributed by atoms with van der Waals surface area (Å²) in [7, 11) is 1.60. The van der Waals surface area contributed by atoms with Crippen molar-refractivity contribution in [1.29, 1.82) is 0 Å². The quantitative estimate of drug-likeness (QED) is 0.378. The topological polar surface area (TPSA) is 73.2 Å². The molecule has 0 saturated heterocycles. The van der Waals surface area contributed by atoms with E-state index >= 15 is 0 Å². The molecule has 2 heterocycles. The van der Waals surface area contributed by atoms with E-state index in [2.05, 4.69) is 5.32 Å². The first-order valence-corrected chi connectivity index (χ1v) is 12.5. The number of hydrogen-bond donors (Lipinski definition) is 1. The Morgan fingerprint density at radius 1 is 1.28 bits per heavy atom. The second-order valence-electron chi connectivity index (χ2n) is 7.75. The van der Waals surface area contributed by atoms with Crippen LogP contribution in [0.25, 0.3) is 10.2 Å². The number of rotatable bonds is 9. The van der Waals surface area contributed by atoms with E-state index in [1.54, 1.807) is 35.1 Å². The van der Waals surface area contributed by atoms with Gasteiger partial charge in [-0.15, -0.1) is 11.3 Å². The molecule has 0 radical (unpaired) electrons. The molecule has 6 nitrogen and oxygen atoms in total. The van der Waals surface area contributed by atoms with Gasteiger partial charge in [-0.2, -0.15) is 0 Å². The molecule has 9 heteroatoms. The molecule has 1 N–H and O–H groups in total. The molecule has 1 aliphatic rings. The zero-order chi connectivity index (χ0) is 22.5. The number of methoxy groups -OCH3 is 1. The first-order valence-electron chi connectivity index (χ1n) is 10.7. The van der Waals surface area contributed by atoms with E-state index in [-0.39, 0.29) is 23.0 Å². The largest absolute Gasteiger partial charge is 0.383 e. The summed E-state index contributed by atoms with van der Waals surface area (Å²) in [5.74, 6) is -0.237. The van der Waals surface area contributed by atoms with E-state index < -0.39 is 0 Å². The highest BCUT2D eigenvalue weighted by atomic mass is 32.2. The van der Waals surface area contributed by atoms with Gasteiger partial charge in [-0.1, -0.05) is 23.9 Å². The first-order chi connectivity index (χ1) is 15.6. The van der Waals surface area contributed by atoms with Gasteiger partial charge in [-0.25, -0.2) is 9.37 Å². The Kier molecular flexibility index (Phi) is 7.59. The van der Waals surface area contributed by atoms with Crippen LogP contribution in [0.2, 0.25) is 0 Å². The van der Waals surface area contributed by atoms with Gasteiger partial charge >= 0.3 is 0 Å². The van der Waals surface area contributed by atoms with Crippen LogP contribution in [0, 0.1) is 5.82 Å². The summed E-state index contributed by atoms with van der Waals surface area (Å²) >= 11 is 2.88. The van der Waals surface area contributed by atoms with E-state index in [1.807, 2.05) is 0 Å². The Labute approximate surface area is 194 Å². The number of aryl methyl sites for hydroxylation is 2. The highest BCUT2D eigenvalue weighted by molar-refractivity contribution is 7.99. The summed E-state index contributed by atoms with van der Waals surface area (Å²) in [6.45, 7) is 1.26. The number of nitrogens with zero attached hydrogens (tertiary/aromatic N) is 2. The van der Waals surface area contributed by atoms with E-state index in [4.69, 9.17) is 9.72 Å². The predicted molar refractivity (Wildman–Crippen MR) is 126 cm³/mol. The number of amides is 1. The van der Waals surface area contributed by atoms with Gasteiger partial charge in [0.05, 0.1) is 24.3 Å². The van der Waals surface area contributed by atoms with Crippen LogP contribution in [0.5, 0.6) is 0 Å². The number of thioether (sulfide) groups is 1. The van der Waals surface area contributed by atoms with Gasteiger partial charge in [-0.3, -0.25) is 14.2 Å². The fourth-order valence-electron chi connectivity index (χ4n) is 3.89. The maximum Gasteiger partial charge on any atom is 0.263 e. The van der Waals surface area contributed by atoms with Crippen molar-refractivity contribution < 1.29 is 13.9 Å². The van der Waals surface area contributed by atoms with Crippen molar-refractivity contribution in [2.24, 2.45) is 0 Å². The number of halogens is 1. The highest BCUT2D eigenvalue weighted by Gasteiger charge is 2.22. The number of ether oxygens (including phenoxy) is 1. The van der Waals surface area contributed by atoms with E-state index in [0.29, 0.717) is 31.3 Å². The minimum Gasteiger partial charge on any atom is -0.383 e. The summed E-state index contributed by atoms with van der Waals surface area (Å²) in [6, 6.07) is 6.25. The number of carbonyl (C=O) groups excluding carboxylic acids is 1. The van der Waals surface area contributed by atoms with Crippen LogP contribution in [-0.2, 0) is 35.3 Å². The van der Waals surface area contributed by atoms with E-state index in [1.165, 1.54) is 28.8 Å². The number of hydrogen-bond acceptors (Lipinski definition) is 6. The molecule has 0 spiro atoms. The number of carbonyl (C=O) groups is 1. The number of nitrogens with one attached hydrogen (secondary N) is 1. The molecule has 0 bridgehead atoms. The average Bonchev–Trinajstić information content (AvgIpc) is 3.17. The molecule has 0 fully saturated rings. The fraction of sp³-hybridized carbons (Fsp3) is 0.435. The Morgan fingerprint density at radius 3 is 2.84 bits per heavy atom. The fourth-order valence-corrected chi connectivity index (χ4v) is 6.05. The van der Waals surface area contributed by atoms with Crippen molar-refractivity contribution in [3.8, 4) is 0 Å². The molecule has 2 aromatic heterocycles. The molecule has 0 saturated carbocycles. The van der Waals surface area contributed by atoms with Crippen LogP contribution in [0.1, 0.15) is 28.8 Å². The lowest BCUT2D eigenvalue weighted by molar-refractivity contribution is -0.118. The Balaban J connectivity index is 1.45. The molecule has 3 aromatic rings. The van der Waals surface area contributed by atoms with Crippen LogP contribution in [0.15, 0.2) is 34.2 Å². The molecule has 1 amide bonds. The molecule has 0 atom stereocenters. The van der Waals surface area contributed by atoms with Crippen molar-refractivity contribution in [3.63, 3.8) is 0 Å². The second-order valence-corrected chi connectivity index (χ2v) is 9.78. The summed E-state index contributed by atoms with van der Waals surface area (Å²) < 4.78 is 19.8. The standard InChI is InChI=1S/C23H26FN3O3S2/c1-30-13-12-27-22(29)20-17-4-2-3-5-18(17)32-21(20)26-23(27)31-14-19(28)25-11-10-15-6-8-16(24)9-7-15/h6-9H,2-5,10-14H2,1H3,(H,25,28). The summed E-state index contributed by atoms with van der Waals surface area (Å²) in [6.07, 6.45) is 4.81. The Morgan fingerprint density at radius 2 is 2.06 bits per heavy atom. The molecule has 4 rings (SSSR count). The van der Waals surface area contributed by atoms with Gasteiger partial charge in [0.1, 0.15) is 10.6 Å². The Bertz CT molecular complexity index is 1160. The molecule has 32 heavy (non-hydrogen) atoms. The Hall–Kier alpha value is -2.23. The normalized spacial score (nSPS) is 13.3. The van der Waals surface area contributed by atoms with Gasteiger partial charge in [0.2, 0.25) is 5.91 Å². The lowest BCUT2D eigenvalue weighted by Gasteiger charge is -2.13. The molecular weight excluding hydrogens is 449 g/mol. The molecular formula is C23H26FN3O3S2. The van der Waals surface area contributed by atoms with Crippen LogP contribution in [-0.4, -0.2) is 41.5 Å². The minimum atomic E-state index is -0.273. The lowest BCUT2D eigenvalue weighted by Crippen LogP contribution is -2.29. The van der Waals surface area contributed by atoms with Gasteiger partial charge in [0.25, 0.3) is 5.56 Å². The molecule has 0 unspecified atom stereocenters. The number of benzene rings is 1. The molecule has 1 aliphatic carbocycles. The summed E-state index contributed by atoms with van der Waals surface area (Å²) in [5, 5.41) is 4.17. The van der Waals surface area contributed by atoms with E-state index in [0.717, 1.165) is 47.0 Å². The smallest absolute Gasteiger partial charge is 0.263 e. The maximum absolute atomic E-state index is 13.3. The number of thiophene rings is 1. The van der Waals surface area contributed by atoms with Gasteiger partial charge in [0.15, 0.2) is 5.16 Å². The van der Waals surface area contributed by atoms with Crippen LogP contribution in [0.3, 0.4) is 0 Å². The van der Waals surface area contributed by atoms with Gasteiger partial charge < -0.3 is 10.1 Å². The third-order valence-corrected chi connectivity index (χ3v) is 7.70.